The van der Waals surface area contributed by atoms with Gasteiger partial charge in [0.25, 0.3) is 0 Å². The number of nitrogens with one attached hydrogen (secondary N) is 1. The third kappa shape index (κ3) is 5.68. The molecule has 0 unspecified atom stereocenters. The maximum atomic E-state index is 12.6. The van der Waals surface area contributed by atoms with E-state index in [2.05, 4.69) is 4.98 Å². The Kier molecular flexibility index (Phi) is 6.89. The predicted octanol–water partition coefficient (Wildman–Crippen LogP) is 4.75. The molecule has 0 amide bonds. The fourth-order valence-corrected chi connectivity index (χ4v) is 3.62. The Hall–Kier alpha value is -3.32. The maximum absolute atomic E-state index is 12.6. The summed E-state index contributed by atoms with van der Waals surface area (Å²) in [6.45, 7) is 8.22. The van der Waals surface area contributed by atoms with Crippen LogP contribution in [0.1, 0.15) is 31.9 Å². The zero-order valence-electron chi connectivity index (χ0n) is 18.7. The van der Waals surface area contributed by atoms with Crippen LogP contribution in [0.5, 0.6) is 0 Å². The number of nitrogens with zero attached hydrogens (tertiary/aromatic N) is 3. The highest BCUT2D eigenvalue weighted by Gasteiger charge is 2.21. The maximum Gasteiger partial charge on any atom is 0.326 e. The van der Waals surface area contributed by atoms with E-state index in [1.165, 1.54) is 0 Å². The molecule has 3 aromatic rings. The molecule has 0 aliphatic heterocycles. The number of aromatic nitrogens is 1. The quantitative estimate of drug-likeness (QED) is 0.242. The van der Waals surface area contributed by atoms with Crippen molar-refractivity contribution >= 4 is 45.9 Å². The lowest BCUT2D eigenvalue weighted by Crippen LogP contribution is -2.35. The summed E-state index contributed by atoms with van der Waals surface area (Å²) in [5.74, 6) is -0.571. The number of fused-ring (bicyclic) bond motifs is 1. The number of nitrogens with two attached hydrogens (primary N) is 1. The van der Waals surface area contributed by atoms with E-state index >= 15 is 0 Å². The van der Waals surface area contributed by atoms with Crippen LogP contribution in [-0.4, -0.2) is 29.1 Å². The molecule has 7 nitrogen and oxygen atoms in total. The lowest BCUT2D eigenvalue weighted by Gasteiger charge is -2.28. The van der Waals surface area contributed by atoms with E-state index in [1.54, 1.807) is 12.4 Å². The molecule has 168 valence electrons. The summed E-state index contributed by atoms with van der Waals surface area (Å²) in [4.78, 5) is 18.9. The second-order valence-electron chi connectivity index (χ2n) is 8.61. The smallest absolute Gasteiger partial charge is 0.326 e. The normalized spacial score (nSPS) is 11.3. The van der Waals surface area contributed by atoms with E-state index < -0.39 is 5.60 Å². The molecule has 1 heterocycles. The van der Waals surface area contributed by atoms with Crippen molar-refractivity contribution in [1.29, 1.82) is 5.41 Å². The van der Waals surface area contributed by atoms with Gasteiger partial charge in [0.1, 0.15) is 12.1 Å². The standard InChI is InChI=1S/C24H28ClN5O2/c1-16-7-5-6-8-20(16)29(15-22(31)32-24(2,3)4)14-17-9-10-19-18(11-17)12-28-13-21(19)30(25)23(26)27/h5-13H,14-15H2,1-4H3,(H3,26,27). The number of carbonyl (C=O) groups is 1. The van der Waals surface area contributed by atoms with Gasteiger partial charge in [-0.05, 0) is 51.0 Å². The number of carbonyl (C=O) groups excluding carboxylic acids is 1. The van der Waals surface area contributed by atoms with Gasteiger partial charge in [0, 0.05) is 41.0 Å². The molecule has 0 saturated carbocycles. The van der Waals surface area contributed by atoms with Crippen molar-refractivity contribution in [3.05, 3.63) is 66.0 Å². The predicted molar refractivity (Wildman–Crippen MR) is 130 cm³/mol. The number of benzene rings is 2. The van der Waals surface area contributed by atoms with Gasteiger partial charge in [-0.1, -0.05) is 30.3 Å². The Labute approximate surface area is 193 Å². The van der Waals surface area contributed by atoms with E-state index in [0.29, 0.717) is 12.2 Å². The van der Waals surface area contributed by atoms with Crippen LogP contribution in [0.2, 0.25) is 0 Å². The molecule has 8 heteroatoms. The van der Waals surface area contributed by atoms with Crippen molar-refractivity contribution in [2.24, 2.45) is 5.73 Å². The number of aryl methyl sites for hydroxylation is 1. The number of rotatable bonds is 6. The highest BCUT2D eigenvalue weighted by Crippen LogP contribution is 2.29. The number of esters is 1. The van der Waals surface area contributed by atoms with E-state index in [-0.39, 0.29) is 18.5 Å². The van der Waals surface area contributed by atoms with Gasteiger partial charge in [-0.25, -0.2) is 4.42 Å². The second-order valence-corrected chi connectivity index (χ2v) is 8.95. The van der Waals surface area contributed by atoms with Crippen molar-refractivity contribution in [2.45, 2.75) is 39.8 Å². The molecule has 0 aliphatic carbocycles. The topological polar surface area (TPSA) is 95.5 Å². The third-order valence-corrected chi connectivity index (χ3v) is 5.16. The molecular weight excluding hydrogens is 426 g/mol. The molecule has 0 bridgehead atoms. The molecule has 3 N–H and O–H groups in total. The lowest BCUT2D eigenvalue weighted by atomic mass is 10.1. The van der Waals surface area contributed by atoms with E-state index in [0.717, 1.165) is 32.0 Å². The number of guanidine groups is 1. The molecule has 0 aliphatic rings. The summed E-state index contributed by atoms with van der Waals surface area (Å²) in [6, 6.07) is 13.8. The van der Waals surface area contributed by atoms with E-state index in [1.807, 2.05) is 75.1 Å². The SMILES string of the molecule is Cc1ccccc1N(CC(=O)OC(C)(C)C)Cc1ccc2c(N(Cl)C(=N)N)cncc2c1. The van der Waals surface area contributed by atoms with Crippen molar-refractivity contribution in [1.82, 2.24) is 4.98 Å². The summed E-state index contributed by atoms with van der Waals surface area (Å²) < 4.78 is 6.63. The summed E-state index contributed by atoms with van der Waals surface area (Å²) in [5, 5.41) is 9.26. The Morgan fingerprint density at radius 1 is 1.16 bits per heavy atom. The van der Waals surface area contributed by atoms with Gasteiger partial charge in [-0.15, -0.1) is 0 Å². The number of ether oxygens (including phenoxy) is 1. The van der Waals surface area contributed by atoms with Crippen LogP contribution in [0.3, 0.4) is 0 Å². The lowest BCUT2D eigenvalue weighted by molar-refractivity contribution is -0.153. The Morgan fingerprint density at radius 2 is 1.88 bits per heavy atom. The summed E-state index contributed by atoms with van der Waals surface area (Å²) >= 11 is 6.14. The first kappa shape index (κ1) is 23.3. The van der Waals surface area contributed by atoms with Crippen LogP contribution in [-0.2, 0) is 16.1 Å². The Balaban J connectivity index is 1.94. The highest BCUT2D eigenvalue weighted by atomic mass is 35.5. The minimum absolute atomic E-state index is 0.123. The molecule has 0 radical (unpaired) electrons. The van der Waals surface area contributed by atoms with Gasteiger partial charge in [-0.2, -0.15) is 0 Å². The number of halogens is 1. The second kappa shape index (κ2) is 9.44. The first-order chi connectivity index (χ1) is 15.0. The average molecular weight is 454 g/mol. The largest absolute Gasteiger partial charge is 0.459 e. The average Bonchev–Trinajstić information content (AvgIpc) is 2.71. The molecule has 0 saturated heterocycles. The van der Waals surface area contributed by atoms with Gasteiger partial charge < -0.3 is 15.4 Å². The molecule has 0 atom stereocenters. The van der Waals surface area contributed by atoms with Gasteiger partial charge in [0.05, 0.1) is 11.9 Å². The monoisotopic (exact) mass is 453 g/mol. The van der Waals surface area contributed by atoms with Crippen LogP contribution in [0.4, 0.5) is 11.4 Å². The van der Waals surface area contributed by atoms with Crippen molar-refractivity contribution in [3.8, 4) is 0 Å². The molecule has 3 rings (SSSR count). The van der Waals surface area contributed by atoms with E-state index in [9.17, 15) is 4.79 Å². The summed E-state index contributed by atoms with van der Waals surface area (Å²) in [7, 11) is 0. The van der Waals surface area contributed by atoms with Crippen LogP contribution in [0.25, 0.3) is 10.8 Å². The van der Waals surface area contributed by atoms with E-state index in [4.69, 9.17) is 27.7 Å². The molecule has 2 aromatic carbocycles. The van der Waals surface area contributed by atoms with Crippen molar-refractivity contribution < 1.29 is 9.53 Å². The molecule has 1 aromatic heterocycles. The van der Waals surface area contributed by atoms with Crippen molar-refractivity contribution in [2.75, 3.05) is 15.9 Å². The highest BCUT2D eigenvalue weighted by molar-refractivity contribution is 6.38. The van der Waals surface area contributed by atoms with Gasteiger partial charge in [0.15, 0.2) is 0 Å². The number of hydrogen-bond donors (Lipinski definition) is 2. The molecular formula is C24H28ClN5O2. The first-order valence-corrected chi connectivity index (χ1v) is 10.6. The first-order valence-electron chi connectivity index (χ1n) is 10.2. The minimum atomic E-state index is -0.552. The van der Waals surface area contributed by atoms with Crippen LogP contribution in [0, 0.1) is 12.3 Å². The number of para-hydroxylation sites is 1. The molecule has 0 spiro atoms. The van der Waals surface area contributed by atoms with Gasteiger partial charge in [0.2, 0.25) is 5.96 Å². The number of pyridine rings is 1. The molecule has 0 fully saturated rings. The Morgan fingerprint density at radius 3 is 2.53 bits per heavy atom. The third-order valence-electron chi connectivity index (χ3n) is 4.79. The van der Waals surface area contributed by atoms with Gasteiger partial charge >= 0.3 is 5.97 Å². The van der Waals surface area contributed by atoms with Gasteiger partial charge in [-0.3, -0.25) is 15.2 Å². The Bertz CT molecular complexity index is 1140. The summed E-state index contributed by atoms with van der Waals surface area (Å²) in [6.07, 6.45) is 3.30. The van der Waals surface area contributed by atoms with Crippen LogP contribution >= 0.6 is 11.8 Å². The minimum Gasteiger partial charge on any atom is -0.459 e. The zero-order chi connectivity index (χ0) is 23.5. The fraction of sp³-hybridized carbons (Fsp3) is 0.292. The zero-order valence-corrected chi connectivity index (χ0v) is 19.5. The summed E-state index contributed by atoms with van der Waals surface area (Å²) in [5.41, 5.74) is 8.53. The van der Waals surface area contributed by atoms with Crippen molar-refractivity contribution in [3.63, 3.8) is 0 Å². The number of anilines is 2. The van der Waals surface area contributed by atoms with Crippen LogP contribution < -0.4 is 15.1 Å². The fourth-order valence-electron chi connectivity index (χ4n) is 3.49. The molecule has 32 heavy (non-hydrogen) atoms. The number of hydrogen-bond acceptors (Lipinski definition) is 5. The van der Waals surface area contributed by atoms with Crippen LogP contribution in [0.15, 0.2) is 54.9 Å².